The van der Waals surface area contributed by atoms with E-state index in [0.717, 1.165) is 77.6 Å². The Morgan fingerprint density at radius 1 is 0.350 bits per heavy atom. The molecule has 0 amide bonds. The Morgan fingerprint density at radius 2 is 0.917 bits per heavy atom. The quantitative estimate of drug-likeness (QED) is 0.169. The third kappa shape index (κ3) is 5.59. The summed E-state index contributed by atoms with van der Waals surface area (Å²) in [6, 6.07) is 72.1. The number of benzene rings is 9. The molecular formula is C55H34N4O. The van der Waals surface area contributed by atoms with Gasteiger partial charge >= 0.3 is 0 Å². The standard InChI is InChI=1S/C55H34N4O/c1-3-14-35(15-4-1)37-26-28-38(29-27-37)53-56-54(42-21-13-20-39(32-42)36-16-5-2-6-17-36)58-55(57-53)45-30-31-48(52-51(45)44-23-10-12-25-50(44)60-52)59-47-24-11-9-22-43(47)46-33-40-18-7-8-19-41(40)34-49(46)59/h1-34H. The molecule has 0 radical (unpaired) electrons. The molecule has 3 heterocycles. The summed E-state index contributed by atoms with van der Waals surface area (Å²) in [5.41, 5.74) is 11.9. The second kappa shape index (κ2) is 13.8. The van der Waals surface area contributed by atoms with Crippen LogP contribution in [0.1, 0.15) is 0 Å². The van der Waals surface area contributed by atoms with E-state index < -0.39 is 0 Å². The topological polar surface area (TPSA) is 56.7 Å². The van der Waals surface area contributed by atoms with Crippen LogP contribution in [0.15, 0.2) is 211 Å². The van der Waals surface area contributed by atoms with Crippen molar-refractivity contribution in [1.29, 1.82) is 0 Å². The first-order valence-electron chi connectivity index (χ1n) is 20.2. The molecule has 0 unspecified atom stereocenters. The predicted molar refractivity (Wildman–Crippen MR) is 246 cm³/mol. The maximum absolute atomic E-state index is 6.91. The highest BCUT2D eigenvalue weighted by Gasteiger charge is 2.23. The van der Waals surface area contributed by atoms with E-state index in [1.165, 1.54) is 21.5 Å². The lowest BCUT2D eigenvalue weighted by molar-refractivity contribution is 0.666. The second-order valence-electron chi connectivity index (χ2n) is 15.2. The van der Waals surface area contributed by atoms with Crippen molar-refractivity contribution in [3.8, 4) is 62.1 Å². The largest absolute Gasteiger partial charge is 0.454 e. The Balaban J connectivity index is 1.10. The zero-order valence-corrected chi connectivity index (χ0v) is 32.3. The van der Waals surface area contributed by atoms with Gasteiger partial charge in [-0.25, -0.2) is 15.0 Å². The summed E-state index contributed by atoms with van der Waals surface area (Å²) in [6.07, 6.45) is 0. The molecule has 0 aliphatic heterocycles. The molecule has 0 saturated carbocycles. The lowest BCUT2D eigenvalue weighted by atomic mass is 10.0. The maximum Gasteiger partial charge on any atom is 0.164 e. The van der Waals surface area contributed by atoms with Gasteiger partial charge in [-0.1, -0.05) is 164 Å². The first kappa shape index (κ1) is 33.9. The lowest BCUT2D eigenvalue weighted by Crippen LogP contribution is -2.01. The molecule has 5 nitrogen and oxygen atoms in total. The molecule has 9 aromatic carbocycles. The number of furan rings is 1. The fourth-order valence-corrected chi connectivity index (χ4v) is 8.76. The number of hydrogen-bond donors (Lipinski definition) is 0. The number of nitrogens with zero attached hydrogens (tertiary/aromatic N) is 4. The third-order valence-electron chi connectivity index (χ3n) is 11.6. The van der Waals surface area contributed by atoms with Crippen LogP contribution >= 0.6 is 0 Å². The van der Waals surface area contributed by atoms with Crippen LogP contribution in [-0.2, 0) is 0 Å². The number of rotatable bonds is 6. The van der Waals surface area contributed by atoms with Crippen LogP contribution in [0.5, 0.6) is 0 Å². The van der Waals surface area contributed by atoms with Crippen molar-refractivity contribution in [2.75, 3.05) is 0 Å². The smallest absolute Gasteiger partial charge is 0.164 e. The van der Waals surface area contributed by atoms with Crippen LogP contribution in [0, 0.1) is 0 Å². The van der Waals surface area contributed by atoms with Crippen LogP contribution in [0.2, 0.25) is 0 Å². The number of aromatic nitrogens is 4. The van der Waals surface area contributed by atoms with E-state index in [1.54, 1.807) is 0 Å². The van der Waals surface area contributed by atoms with Gasteiger partial charge in [0, 0.05) is 38.2 Å². The van der Waals surface area contributed by atoms with E-state index in [-0.39, 0.29) is 0 Å². The average molecular weight is 767 g/mol. The van der Waals surface area contributed by atoms with Gasteiger partial charge in [-0.2, -0.15) is 0 Å². The molecule has 0 bridgehead atoms. The number of fused-ring (bicyclic) bond motifs is 7. The van der Waals surface area contributed by atoms with Crippen molar-refractivity contribution < 1.29 is 4.42 Å². The van der Waals surface area contributed by atoms with Crippen molar-refractivity contribution in [3.05, 3.63) is 206 Å². The lowest BCUT2D eigenvalue weighted by Gasteiger charge is -2.13. The van der Waals surface area contributed by atoms with Gasteiger partial charge in [0.15, 0.2) is 23.1 Å². The Hall–Kier alpha value is -8.15. The molecule has 5 heteroatoms. The summed E-state index contributed by atoms with van der Waals surface area (Å²) in [5, 5.41) is 6.73. The first-order chi connectivity index (χ1) is 29.7. The van der Waals surface area contributed by atoms with Crippen molar-refractivity contribution in [2.45, 2.75) is 0 Å². The van der Waals surface area contributed by atoms with Gasteiger partial charge in [-0.15, -0.1) is 0 Å². The Bertz CT molecular complexity index is 3590. The summed E-state index contributed by atoms with van der Waals surface area (Å²) in [4.78, 5) is 15.7. The summed E-state index contributed by atoms with van der Waals surface area (Å²) in [6.45, 7) is 0. The Morgan fingerprint density at radius 3 is 1.70 bits per heavy atom. The van der Waals surface area contributed by atoms with Gasteiger partial charge in [0.05, 0.1) is 16.7 Å². The van der Waals surface area contributed by atoms with E-state index in [2.05, 4.69) is 187 Å². The molecule has 0 saturated heterocycles. The average Bonchev–Trinajstić information content (AvgIpc) is 3.87. The predicted octanol–water partition coefficient (Wildman–Crippen LogP) is 14.4. The molecule has 0 aliphatic rings. The van der Waals surface area contributed by atoms with Crippen LogP contribution in [0.4, 0.5) is 0 Å². The van der Waals surface area contributed by atoms with E-state index in [1.807, 2.05) is 24.3 Å². The fraction of sp³-hybridized carbons (Fsp3) is 0. The van der Waals surface area contributed by atoms with E-state index in [9.17, 15) is 0 Å². The molecule has 0 N–H and O–H groups in total. The maximum atomic E-state index is 6.91. The highest BCUT2D eigenvalue weighted by Crippen LogP contribution is 2.43. The van der Waals surface area contributed by atoms with Crippen LogP contribution in [0.25, 0.3) is 117 Å². The molecule has 0 atom stereocenters. The molecule has 12 rings (SSSR count). The normalized spacial score (nSPS) is 11.7. The van der Waals surface area contributed by atoms with Crippen molar-refractivity contribution in [2.24, 2.45) is 0 Å². The third-order valence-corrected chi connectivity index (χ3v) is 11.6. The highest BCUT2D eigenvalue weighted by molar-refractivity contribution is 6.17. The van der Waals surface area contributed by atoms with Gasteiger partial charge in [-0.05, 0) is 75.5 Å². The number of para-hydroxylation sites is 2. The molecule has 0 spiro atoms. The minimum atomic E-state index is 0.573. The zero-order valence-electron chi connectivity index (χ0n) is 32.3. The van der Waals surface area contributed by atoms with Crippen LogP contribution in [-0.4, -0.2) is 19.5 Å². The summed E-state index contributed by atoms with van der Waals surface area (Å²) in [5.74, 6) is 1.77. The SMILES string of the molecule is c1ccc(-c2ccc(-c3nc(-c4cccc(-c5ccccc5)c4)nc(-c4ccc(-n5c6ccccc6c6cc7ccccc7cc65)c5oc6ccccc6c45)n3)cc2)cc1. The van der Waals surface area contributed by atoms with Crippen molar-refractivity contribution in [1.82, 2.24) is 19.5 Å². The molecule has 280 valence electrons. The molecule has 12 aromatic rings. The minimum Gasteiger partial charge on any atom is -0.454 e. The van der Waals surface area contributed by atoms with Gasteiger partial charge in [0.25, 0.3) is 0 Å². The summed E-state index contributed by atoms with van der Waals surface area (Å²) < 4.78 is 9.26. The molecular weight excluding hydrogens is 733 g/mol. The summed E-state index contributed by atoms with van der Waals surface area (Å²) in [7, 11) is 0. The Kier molecular flexibility index (Phi) is 7.78. The fourth-order valence-electron chi connectivity index (χ4n) is 8.76. The van der Waals surface area contributed by atoms with Crippen LogP contribution < -0.4 is 0 Å². The first-order valence-corrected chi connectivity index (χ1v) is 20.2. The van der Waals surface area contributed by atoms with E-state index in [0.29, 0.717) is 17.5 Å². The van der Waals surface area contributed by atoms with Gasteiger partial charge in [0.2, 0.25) is 0 Å². The van der Waals surface area contributed by atoms with E-state index in [4.69, 9.17) is 19.4 Å². The number of hydrogen-bond acceptors (Lipinski definition) is 4. The molecule has 60 heavy (non-hydrogen) atoms. The van der Waals surface area contributed by atoms with Gasteiger partial charge in [0.1, 0.15) is 5.58 Å². The van der Waals surface area contributed by atoms with Crippen LogP contribution in [0.3, 0.4) is 0 Å². The van der Waals surface area contributed by atoms with E-state index >= 15 is 0 Å². The summed E-state index contributed by atoms with van der Waals surface area (Å²) >= 11 is 0. The van der Waals surface area contributed by atoms with Gasteiger partial charge in [-0.3, -0.25) is 0 Å². The monoisotopic (exact) mass is 766 g/mol. The van der Waals surface area contributed by atoms with Crippen molar-refractivity contribution >= 4 is 54.5 Å². The van der Waals surface area contributed by atoms with Gasteiger partial charge < -0.3 is 8.98 Å². The highest BCUT2D eigenvalue weighted by atomic mass is 16.3. The molecule has 3 aromatic heterocycles. The zero-order chi connectivity index (χ0) is 39.6. The second-order valence-corrected chi connectivity index (χ2v) is 15.2. The van der Waals surface area contributed by atoms with Crippen molar-refractivity contribution in [3.63, 3.8) is 0 Å². The molecule has 0 aliphatic carbocycles. The Labute approximate surface area is 345 Å². The minimum absolute atomic E-state index is 0.573. The molecule has 0 fully saturated rings.